The second kappa shape index (κ2) is 5.30. The van der Waals surface area contributed by atoms with E-state index >= 15 is 0 Å². The quantitative estimate of drug-likeness (QED) is 0.875. The largest absolute Gasteiger partial charge is 0.497 e. The van der Waals surface area contributed by atoms with Crippen molar-refractivity contribution >= 4 is 5.82 Å². The number of methoxy groups -OCH3 is 1. The van der Waals surface area contributed by atoms with E-state index < -0.39 is 0 Å². The average Bonchev–Trinajstić information content (AvgIpc) is 2.40. The van der Waals surface area contributed by atoms with Gasteiger partial charge in [-0.3, -0.25) is 0 Å². The molecular weight excluding hydrogens is 214 g/mol. The highest BCUT2D eigenvalue weighted by Crippen LogP contribution is 2.21. The topological polar surface area (TPSA) is 47.0 Å². The average molecular weight is 229 g/mol. The summed E-state index contributed by atoms with van der Waals surface area (Å²) in [5.74, 6) is 2.34. The molecule has 17 heavy (non-hydrogen) atoms. The Bertz CT molecular complexity index is 500. The highest BCUT2D eigenvalue weighted by Gasteiger charge is 2.03. The van der Waals surface area contributed by atoms with E-state index in [1.165, 1.54) is 0 Å². The van der Waals surface area contributed by atoms with Crippen LogP contribution < -0.4 is 10.1 Å². The minimum atomic E-state index is 0.697. The third-order valence-corrected chi connectivity index (χ3v) is 2.34. The van der Waals surface area contributed by atoms with Crippen LogP contribution in [-0.4, -0.2) is 23.6 Å². The lowest BCUT2D eigenvalue weighted by atomic mass is 10.2. The maximum Gasteiger partial charge on any atom is 0.161 e. The molecule has 1 aromatic carbocycles. The van der Waals surface area contributed by atoms with Gasteiger partial charge in [0.2, 0.25) is 0 Å². The van der Waals surface area contributed by atoms with Crippen molar-refractivity contribution < 1.29 is 4.74 Å². The predicted octanol–water partition coefficient (Wildman–Crippen LogP) is 2.58. The molecule has 4 heteroatoms. The molecule has 2 aromatic rings. The van der Waals surface area contributed by atoms with Crippen LogP contribution in [0.5, 0.6) is 5.75 Å². The molecule has 0 radical (unpaired) electrons. The highest BCUT2D eigenvalue weighted by molar-refractivity contribution is 5.59. The molecule has 0 amide bonds. The van der Waals surface area contributed by atoms with Crippen LogP contribution in [0.1, 0.15) is 6.92 Å². The molecule has 0 bridgehead atoms. The Hall–Kier alpha value is -2.10. The number of hydrogen-bond donors (Lipinski definition) is 1. The van der Waals surface area contributed by atoms with Crippen LogP contribution in [-0.2, 0) is 0 Å². The Kier molecular flexibility index (Phi) is 3.55. The summed E-state index contributed by atoms with van der Waals surface area (Å²) in [6, 6.07) is 9.57. The van der Waals surface area contributed by atoms with Gasteiger partial charge < -0.3 is 10.1 Å². The fraction of sp³-hybridized carbons (Fsp3) is 0.231. The van der Waals surface area contributed by atoms with Gasteiger partial charge in [0, 0.05) is 18.3 Å². The summed E-state index contributed by atoms with van der Waals surface area (Å²) < 4.78 is 5.18. The molecule has 1 heterocycles. The van der Waals surface area contributed by atoms with Gasteiger partial charge in [-0.15, -0.1) is 0 Å². The molecule has 1 aromatic heterocycles. The van der Waals surface area contributed by atoms with E-state index in [0.717, 1.165) is 23.7 Å². The van der Waals surface area contributed by atoms with Crippen molar-refractivity contribution in [3.8, 4) is 17.1 Å². The molecule has 0 aliphatic heterocycles. The van der Waals surface area contributed by atoms with E-state index in [1.807, 2.05) is 37.3 Å². The number of nitrogens with zero attached hydrogens (tertiary/aromatic N) is 2. The molecule has 0 saturated heterocycles. The van der Waals surface area contributed by atoms with Crippen molar-refractivity contribution in [3.05, 3.63) is 36.5 Å². The summed E-state index contributed by atoms with van der Waals surface area (Å²) in [5, 5.41) is 3.16. The minimum absolute atomic E-state index is 0.697. The highest BCUT2D eigenvalue weighted by atomic mass is 16.5. The zero-order chi connectivity index (χ0) is 12.1. The summed E-state index contributed by atoms with van der Waals surface area (Å²) >= 11 is 0. The lowest BCUT2D eigenvalue weighted by Gasteiger charge is -2.06. The maximum atomic E-state index is 5.18. The van der Waals surface area contributed by atoms with Crippen LogP contribution >= 0.6 is 0 Å². The first-order valence-corrected chi connectivity index (χ1v) is 5.55. The predicted molar refractivity (Wildman–Crippen MR) is 68.2 cm³/mol. The summed E-state index contributed by atoms with van der Waals surface area (Å²) in [7, 11) is 1.65. The number of benzene rings is 1. The number of hydrogen-bond acceptors (Lipinski definition) is 4. The molecule has 0 fully saturated rings. The standard InChI is InChI=1S/C13H15N3O/c1-3-14-12-7-8-15-13(16-12)10-5-4-6-11(9-10)17-2/h4-9H,3H2,1-2H3,(H,14,15,16). The fourth-order valence-electron chi connectivity index (χ4n) is 1.54. The number of anilines is 1. The van der Waals surface area contributed by atoms with Gasteiger partial charge in [0.15, 0.2) is 5.82 Å². The molecule has 1 N–H and O–H groups in total. The van der Waals surface area contributed by atoms with Crippen LogP contribution in [0.3, 0.4) is 0 Å². The Morgan fingerprint density at radius 2 is 2.18 bits per heavy atom. The van der Waals surface area contributed by atoms with E-state index in [2.05, 4.69) is 15.3 Å². The molecular formula is C13H15N3O. The summed E-state index contributed by atoms with van der Waals surface area (Å²) in [6.45, 7) is 2.88. The number of nitrogens with one attached hydrogen (secondary N) is 1. The van der Waals surface area contributed by atoms with Crippen LogP contribution in [0.2, 0.25) is 0 Å². The molecule has 0 aliphatic carbocycles. The van der Waals surface area contributed by atoms with Gasteiger partial charge in [0.05, 0.1) is 7.11 Å². The van der Waals surface area contributed by atoms with Gasteiger partial charge in [-0.1, -0.05) is 12.1 Å². The smallest absolute Gasteiger partial charge is 0.161 e. The van der Waals surface area contributed by atoms with Crippen molar-refractivity contribution in [1.29, 1.82) is 0 Å². The van der Waals surface area contributed by atoms with Gasteiger partial charge in [-0.25, -0.2) is 9.97 Å². The molecule has 0 unspecified atom stereocenters. The zero-order valence-electron chi connectivity index (χ0n) is 9.97. The molecule has 0 atom stereocenters. The van der Waals surface area contributed by atoms with Crippen LogP contribution in [0.25, 0.3) is 11.4 Å². The molecule has 0 aliphatic rings. The second-order valence-corrected chi connectivity index (χ2v) is 3.53. The molecule has 0 spiro atoms. The number of aromatic nitrogens is 2. The lowest BCUT2D eigenvalue weighted by molar-refractivity contribution is 0.415. The van der Waals surface area contributed by atoms with Gasteiger partial charge in [-0.2, -0.15) is 0 Å². The Balaban J connectivity index is 2.34. The van der Waals surface area contributed by atoms with Crippen LogP contribution in [0, 0.1) is 0 Å². The van der Waals surface area contributed by atoms with Crippen molar-refractivity contribution in [1.82, 2.24) is 9.97 Å². The normalized spacial score (nSPS) is 10.0. The van der Waals surface area contributed by atoms with E-state index in [1.54, 1.807) is 13.3 Å². The van der Waals surface area contributed by atoms with E-state index in [0.29, 0.717) is 5.82 Å². The second-order valence-electron chi connectivity index (χ2n) is 3.53. The van der Waals surface area contributed by atoms with Crippen molar-refractivity contribution in [3.63, 3.8) is 0 Å². The van der Waals surface area contributed by atoms with Gasteiger partial charge in [0.1, 0.15) is 11.6 Å². The summed E-state index contributed by atoms with van der Waals surface area (Å²) in [4.78, 5) is 8.69. The lowest BCUT2D eigenvalue weighted by Crippen LogP contribution is -2.00. The Morgan fingerprint density at radius 3 is 2.94 bits per heavy atom. The van der Waals surface area contributed by atoms with Crippen molar-refractivity contribution in [2.45, 2.75) is 6.92 Å². The van der Waals surface area contributed by atoms with Crippen molar-refractivity contribution in [2.75, 3.05) is 19.0 Å². The Labute approximate surface area is 101 Å². The first-order chi connectivity index (χ1) is 8.33. The first kappa shape index (κ1) is 11.4. The number of ether oxygens (including phenoxy) is 1. The van der Waals surface area contributed by atoms with E-state index in [9.17, 15) is 0 Å². The number of rotatable bonds is 4. The third kappa shape index (κ3) is 2.72. The van der Waals surface area contributed by atoms with Gasteiger partial charge in [-0.05, 0) is 25.1 Å². The maximum absolute atomic E-state index is 5.18. The summed E-state index contributed by atoms with van der Waals surface area (Å²) in [5.41, 5.74) is 0.948. The molecule has 88 valence electrons. The van der Waals surface area contributed by atoms with Crippen molar-refractivity contribution in [2.24, 2.45) is 0 Å². The zero-order valence-corrected chi connectivity index (χ0v) is 9.97. The van der Waals surface area contributed by atoms with E-state index in [4.69, 9.17) is 4.74 Å². The fourth-order valence-corrected chi connectivity index (χ4v) is 1.54. The summed E-state index contributed by atoms with van der Waals surface area (Å²) in [6.07, 6.45) is 1.75. The van der Waals surface area contributed by atoms with Crippen LogP contribution in [0.15, 0.2) is 36.5 Å². The van der Waals surface area contributed by atoms with Crippen LogP contribution in [0.4, 0.5) is 5.82 Å². The molecule has 2 rings (SSSR count). The monoisotopic (exact) mass is 229 g/mol. The minimum Gasteiger partial charge on any atom is -0.497 e. The van der Waals surface area contributed by atoms with Gasteiger partial charge in [0.25, 0.3) is 0 Å². The van der Waals surface area contributed by atoms with E-state index in [-0.39, 0.29) is 0 Å². The molecule has 4 nitrogen and oxygen atoms in total. The van der Waals surface area contributed by atoms with Gasteiger partial charge >= 0.3 is 0 Å². The third-order valence-electron chi connectivity index (χ3n) is 2.34. The first-order valence-electron chi connectivity index (χ1n) is 5.55. The molecule has 0 saturated carbocycles. The SMILES string of the molecule is CCNc1ccnc(-c2cccc(OC)c2)n1. The Morgan fingerprint density at radius 1 is 1.29 bits per heavy atom.